The van der Waals surface area contributed by atoms with Crippen LogP contribution in [0.3, 0.4) is 0 Å². The molecule has 0 fully saturated rings. The fourth-order valence-corrected chi connectivity index (χ4v) is 4.12. The summed E-state index contributed by atoms with van der Waals surface area (Å²) in [6.45, 7) is 1.57. The highest BCUT2D eigenvalue weighted by atomic mass is 35.5. The summed E-state index contributed by atoms with van der Waals surface area (Å²) in [5.74, 6) is 0.914. The van der Waals surface area contributed by atoms with Crippen LogP contribution >= 0.6 is 58.0 Å². The molecule has 2 heterocycles. The number of benzene rings is 3. The Balaban J connectivity index is 0.000000333. The van der Waals surface area contributed by atoms with Crippen molar-refractivity contribution in [3.8, 4) is 0 Å². The second kappa shape index (κ2) is 13.9. The third kappa shape index (κ3) is 8.54. The molecule has 12 heteroatoms. The second-order valence-corrected chi connectivity index (χ2v) is 10.2. The zero-order valence-electron chi connectivity index (χ0n) is 20.3. The Labute approximate surface area is 250 Å². The highest BCUT2D eigenvalue weighted by Gasteiger charge is 2.15. The van der Waals surface area contributed by atoms with E-state index >= 15 is 0 Å². The topological polar surface area (TPSA) is 102 Å². The first-order chi connectivity index (χ1) is 18.8. The first-order valence-corrected chi connectivity index (χ1v) is 13.5. The van der Waals surface area contributed by atoms with Gasteiger partial charge in [0.05, 0.1) is 0 Å². The lowest BCUT2D eigenvalue weighted by molar-refractivity contribution is 1.06. The van der Waals surface area contributed by atoms with Gasteiger partial charge in [0, 0.05) is 34.7 Å². The van der Waals surface area contributed by atoms with Crippen molar-refractivity contribution in [1.29, 1.82) is 0 Å². The molecule has 0 atom stereocenters. The molecule has 3 aromatic carbocycles. The smallest absolute Gasteiger partial charge is 0.225 e. The molecule has 5 rings (SSSR count). The molecule has 5 aromatic rings. The predicted molar refractivity (Wildman–Crippen MR) is 162 cm³/mol. The van der Waals surface area contributed by atoms with E-state index in [-0.39, 0.29) is 10.6 Å². The molecule has 0 aliphatic heterocycles. The van der Waals surface area contributed by atoms with Crippen LogP contribution in [0, 0.1) is 0 Å². The zero-order chi connectivity index (χ0) is 27.8. The van der Waals surface area contributed by atoms with E-state index < -0.39 is 0 Å². The molecule has 0 aliphatic carbocycles. The third-order valence-corrected chi connectivity index (χ3v) is 6.48. The van der Waals surface area contributed by atoms with Crippen LogP contribution in [-0.4, -0.2) is 19.9 Å². The van der Waals surface area contributed by atoms with Gasteiger partial charge in [-0.1, -0.05) is 71.2 Å². The quantitative estimate of drug-likeness (QED) is 0.158. The Morgan fingerprint density at radius 3 is 1.15 bits per heavy atom. The molecule has 0 amide bonds. The van der Waals surface area contributed by atoms with Crippen molar-refractivity contribution in [1.82, 2.24) is 19.9 Å². The number of halogens is 5. The average Bonchev–Trinajstić information content (AvgIpc) is 2.93. The van der Waals surface area contributed by atoms with Crippen molar-refractivity contribution >= 4 is 80.7 Å². The van der Waals surface area contributed by atoms with E-state index in [9.17, 15) is 0 Å². The van der Waals surface area contributed by atoms with Crippen LogP contribution in [0.4, 0.5) is 11.6 Å². The number of rotatable bonds is 7. The van der Waals surface area contributed by atoms with Gasteiger partial charge in [0.25, 0.3) is 0 Å². The maximum Gasteiger partial charge on any atom is 0.225 e. The molecular weight excluding hydrogens is 600 g/mol. The van der Waals surface area contributed by atoms with Crippen LogP contribution in [0.25, 0.3) is 11.0 Å². The Hall–Kier alpha value is -2.91. The number of anilines is 2. The lowest BCUT2D eigenvalue weighted by atomic mass is 10.2. The van der Waals surface area contributed by atoms with Crippen LogP contribution in [0.5, 0.6) is 0 Å². The van der Waals surface area contributed by atoms with Gasteiger partial charge in [0.1, 0.15) is 11.0 Å². The normalized spacial score (nSPS) is 10.6. The van der Waals surface area contributed by atoms with Crippen molar-refractivity contribution in [2.45, 2.75) is 19.6 Å². The molecule has 200 valence electrons. The van der Waals surface area contributed by atoms with Crippen molar-refractivity contribution in [3.05, 3.63) is 115 Å². The summed E-state index contributed by atoms with van der Waals surface area (Å²) in [5, 5.41) is 8.70. The van der Waals surface area contributed by atoms with E-state index in [2.05, 4.69) is 30.6 Å². The molecule has 0 saturated heterocycles. The van der Waals surface area contributed by atoms with Crippen LogP contribution in [0.1, 0.15) is 16.7 Å². The summed E-state index contributed by atoms with van der Waals surface area (Å²) in [4.78, 5) is 17.1. The number of hydrogen-bond acceptors (Lipinski definition) is 7. The van der Waals surface area contributed by atoms with Gasteiger partial charge in [-0.3, -0.25) is 0 Å². The molecule has 4 N–H and O–H groups in total. The maximum absolute atomic E-state index is 6.16. The zero-order valence-corrected chi connectivity index (χ0v) is 24.1. The van der Waals surface area contributed by atoms with Crippen LogP contribution in [0.15, 0.2) is 72.8 Å². The summed E-state index contributed by atoms with van der Waals surface area (Å²) in [6.07, 6.45) is 0. The Bertz CT molecular complexity index is 1440. The van der Waals surface area contributed by atoms with Gasteiger partial charge < -0.3 is 16.4 Å². The summed E-state index contributed by atoms with van der Waals surface area (Å²) in [5.41, 5.74) is 9.43. The highest BCUT2D eigenvalue weighted by molar-refractivity contribution is 6.31. The molecule has 2 aromatic heterocycles. The minimum absolute atomic E-state index is 0.0709. The molecule has 39 heavy (non-hydrogen) atoms. The van der Waals surface area contributed by atoms with Crippen molar-refractivity contribution in [2.75, 3.05) is 10.6 Å². The lowest BCUT2D eigenvalue weighted by Gasteiger charge is -2.12. The van der Waals surface area contributed by atoms with Gasteiger partial charge in [-0.2, -0.15) is 9.97 Å². The number of aromatic nitrogens is 4. The first-order valence-electron chi connectivity index (χ1n) is 11.6. The van der Waals surface area contributed by atoms with Gasteiger partial charge in [0.15, 0.2) is 11.6 Å². The maximum atomic E-state index is 6.16. The largest absolute Gasteiger partial charge is 0.364 e. The average molecular weight is 622 g/mol. The lowest BCUT2D eigenvalue weighted by Crippen LogP contribution is -2.08. The fraction of sp³-hybridized carbons (Fsp3) is 0.111. The second-order valence-electron chi connectivity index (χ2n) is 8.17. The molecule has 0 bridgehead atoms. The van der Waals surface area contributed by atoms with Crippen molar-refractivity contribution in [3.63, 3.8) is 0 Å². The summed E-state index contributed by atoms with van der Waals surface area (Å²) < 4.78 is 0. The number of nitrogens with two attached hydrogens (primary N) is 1. The molecule has 0 radical (unpaired) electrons. The van der Waals surface area contributed by atoms with Crippen molar-refractivity contribution in [2.24, 2.45) is 5.73 Å². The molecule has 0 aliphatic rings. The number of nitrogens with one attached hydrogen (secondary N) is 2. The van der Waals surface area contributed by atoms with Gasteiger partial charge in [0.2, 0.25) is 10.6 Å². The van der Waals surface area contributed by atoms with E-state index in [4.69, 9.17) is 63.7 Å². The van der Waals surface area contributed by atoms with Crippen LogP contribution in [-0.2, 0) is 19.6 Å². The number of hydrogen-bond donors (Lipinski definition) is 3. The predicted octanol–water partition coefficient (Wildman–Crippen LogP) is 8.06. The Morgan fingerprint density at radius 2 is 0.821 bits per heavy atom. The highest BCUT2D eigenvalue weighted by Crippen LogP contribution is 2.27. The molecule has 0 spiro atoms. The van der Waals surface area contributed by atoms with Gasteiger partial charge in [-0.25, -0.2) is 9.97 Å². The minimum Gasteiger partial charge on any atom is -0.364 e. The molecule has 7 nitrogen and oxygen atoms in total. The first kappa shape index (κ1) is 29.1. The van der Waals surface area contributed by atoms with E-state index in [0.717, 1.165) is 21.7 Å². The molecular formula is C27H22Cl5N7. The third-order valence-electron chi connectivity index (χ3n) is 5.38. The minimum atomic E-state index is 0.0709. The van der Waals surface area contributed by atoms with Crippen LogP contribution in [0.2, 0.25) is 25.6 Å². The number of fused-ring (bicyclic) bond motifs is 1. The summed E-state index contributed by atoms with van der Waals surface area (Å²) in [6, 6.07) is 22.5. The molecule has 0 unspecified atom stereocenters. The van der Waals surface area contributed by atoms with Gasteiger partial charge in [-0.15, -0.1) is 0 Å². The monoisotopic (exact) mass is 619 g/mol. The van der Waals surface area contributed by atoms with E-state index in [1.165, 1.54) is 0 Å². The fourth-order valence-electron chi connectivity index (χ4n) is 3.40. The summed E-state index contributed by atoms with van der Waals surface area (Å²) >= 11 is 29.8. The van der Waals surface area contributed by atoms with Gasteiger partial charge >= 0.3 is 0 Å². The Morgan fingerprint density at radius 1 is 0.487 bits per heavy atom. The Kier molecular flexibility index (Phi) is 10.4. The summed E-state index contributed by atoms with van der Waals surface area (Å²) in [7, 11) is 0. The van der Waals surface area contributed by atoms with Gasteiger partial charge in [-0.05, 0) is 76.3 Å². The number of nitrogens with zero attached hydrogens (tertiary/aromatic N) is 4. The molecule has 0 saturated carbocycles. The standard InChI is InChI=1S/C20H14Cl4N6.C7H8ClN/c21-13-5-1-11(2-6-13)9-25-17-15-16(28-19(23)29-17)18(30-20(24)27-15)26-10-12-3-7-14(22)8-4-12;8-7-3-1-6(5-9)2-4-7/h1-8H,9-10H2,(H,25,28,29)(H,26,27,30);1-4H,5,9H2. The van der Waals surface area contributed by atoms with Crippen LogP contribution < -0.4 is 16.4 Å². The van der Waals surface area contributed by atoms with E-state index in [1.807, 2.05) is 72.8 Å². The van der Waals surface area contributed by atoms with Crippen molar-refractivity contribution < 1.29 is 0 Å². The SMILES string of the molecule is Clc1ccc(CNc2nc(Cl)nc3c(NCc4ccc(Cl)cc4)nc(Cl)nc23)cc1.NCc1ccc(Cl)cc1. The van der Waals surface area contributed by atoms with E-state index in [1.54, 1.807) is 0 Å². The van der Waals surface area contributed by atoms with E-state index in [0.29, 0.717) is 52.3 Å².